The Labute approximate surface area is 167 Å². The maximum atomic E-state index is 3.02. The summed E-state index contributed by atoms with van der Waals surface area (Å²) < 4.78 is 0. The zero-order valence-corrected chi connectivity index (χ0v) is 17.0. The molecule has 0 bridgehead atoms. The molecule has 0 saturated heterocycles. The molecule has 0 atom stereocenters. The van der Waals surface area contributed by atoms with Crippen LogP contribution in [0.3, 0.4) is 0 Å². The van der Waals surface area contributed by atoms with Crippen molar-refractivity contribution in [3.05, 3.63) is 133 Å². The minimum absolute atomic E-state index is 0. The molecular formula is C22H17BiF2. The van der Waals surface area contributed by atoms with E-state index in [0.29, 0.717) is 0 Å². The Kier molecular flexibility index (Phi) is 16.9. The van der Waals surface area contributed by atoms with Crippen molar-refractivity contribution >= 4 is 26.2 Å². The third-order valence-electron chi connectivity index (χ3n) is 2.82. The molecule has 124 valence electrons. The molecule has 0 aliphatic heterocycles. The summed E-state index contributed by atoms with van der Waals surface area (Å²) in [6, 6.07) is 25.0. The van der Waals surface area contributed by atoms with E-state index in [1.165, 1.54) is 11.1 Å². The van der Waals surface area contributed by atoms with Crippen LogP contribution in [0.4, 0.5) is 0 Å². The van der Waals surface area contributed by atoms with Crippen LogP contribution in [0.5, 0.6) is 0 Å². The molecule has 0 amide bonds. The molecule has 0 spiro atoms. The van der Waals surface area contributed by atoms with E-state index in [-0.39, 0.29) is 35.6 Å². The molecule has 0 N–H and O–H groups in total. The van der Waals surface area contributed by atoms with E-state index in [0.717, 1.165) is 0 Å². The van der Waals surface area contributed by atoms with E-state index in [1.807, 2.05) is 72.8 Å². The smallest absolute Gasteiger partial charge is 1.00 e. The van der Waals surface area contributed by atoms with Crippen LogP contribution in [0.15, 0.2) is 114 Å². The molecule has 2 aliphatic carbocycles. The molecule has 0 fully saturated rings. The first-order valence-electron chi connectivity index (χ1n) is 7.14. The quantitative estimate of drug-likeness (QED) is 0.303. The first-order valence-corrected chi connectivity index (χ1v) is 7.14. The summed E-state index contributed by atoms with van der Waals surface area (Å²) in [5.74, 6) is 0. The van der Waals surface area contributed by atoms with Gasteiger partial charge in [-0.2, -0.15) is 0 Å². The van der Waals surface area contributed by atoms with Gasteiger partial charge < -0.3 is 9.41 Å². The Morgan fingerprint density at radius 3 is 1.48 bits per heavy atom. The van der Waals surface area contributed by atoms with Gasteiger partial charge >= 0.3 is 26.2 Å². The number of allylic oxidation sites excluding steroid dienone is 7. The molecule has 6 radical (unpaired) electrons. The fourth-order valence-electron chi connectivity index (χ4n) is 1.77. The van der Waals surface area contributed by atoms with Gasteiger partial charge in [-0.3, -0.25) is 0 Å². The molecule has 4 rings (SSSR count). The van der Waals surface area contributed by atoms with Crippen molar-refractivity contribution in [3.8, 4) is 0 Å². The maximum Gasteiger partial charge on any atom is 2.00 e. The molecule has 3 heteroatoms. The van der Waals surface area contributed by atoms with Gasteiger partial charge in [-0.15, -0.1) is 5.73 Å². The predicted molar refractivity (Wildman–Crippen MR) is 98.6 cm³/mol. The summed E-state index contributed by atoms with van der Waals surface area (Å²) in [5.41, 5.74) is 5.58. The number of fused-ring (bicyclic) bond motifs is 1. The van der Waals surface area contributed by atoms with Crippen LogP contribution in [-0.2, 0) is 0 Å². The van der Waals surface area contributed by atoms with E-state index >= 15 is 0 Å². The second kappa shape index (κ2) is 16.8. The van der Waals surface area contributed by atoms with Gasteiger partial charge in [-0.25, -0.2) is 0 Å². The summed E-state index contributed by atoms with van der Waals surface area (Å²) in [4.78, 5) is 0. The molecular weight excluding hydrogens is 511 g/mol. The molecule has 0 saturated carbocycles. The van der Waals surface area contributed by atoms with Crippen LogP contribution in [-0.4, -0.2) is 26.2 Å². The maximum absolute atomic E-state index is 3.02. The molecule has 25 heavy (non-hydrogen) atoms. The van der Waals surface area contributed by atoms with Gasteiger partial charge in [0.1, 0.15) is 0 Å². The monoisotopic (exact) mass is 528 g/mol. The van der Waals surface area contributed by atoms with E-state index in [1.54, 1.807) is 0 Å². The number of hydrogen-bond acceptors (Lipinski definition) is 0. The average molecular weight is 528 g/mol. The third-order valence-corrected chi connectivity index (χ3v) is 2.82. The minimum atomic E-state index is 0. The Morgan fingerprint density at radius 1 is 0.600 bits per heavy atom. The van der Waals surface area contributed by atoms with Crippen LogP contribution in [0.2, 0.25) is 0 Å². The Bertz CT molecular complexity index is 610. The van der Waals surface area contributed by atoms with Crippen LogP contribution >= 0.6 is 0 Å². The van der Waals surface area contributed by atoms with Crippen molar-refractivity contribution in [2.45, 2.75) is 0 Å². The number of halogens is 2. The fraction of sp³-hybridized carbons (Fsp3) is 0. The van der Waals surface area contributed by atoms with Gasteiger partial charge in [-0.1, -0.05) is 78.9 Å². The molecule has 2 aromatic carbocycles. The molecule has 2 aromatic rings. The summed E-state index contributed by atoms with van der Waals surface area (Å²) in [5, 5.41) is 0. The van der Waals surface area contributed by atoms with Crippen LogP contribution in [0.25, 0.3) is 0 Å². The van der Waals surface area contributed by atoms with Crippen molar-refractivity contribution in [2.24, 2.45) is 0 Å². The summed E-state index contributed by atoms with van der Waals surface area (Å²) >= 11 is 0. The van der Waals surface area contributed by atoms with Gasteiger partial charge in [0.2, 0.25) is 0 Å². The van der Waals surface area contributed by atoms with Gasteiger partial charge in [0, 0.05) is 6.42 Å². The van der Waals surface area contributed by atoms with Gasteiger partial charge in [0.15, 0.2) is 0 Å². The zero-order valence-electron chi connectivity index (χ0n) is 13.5. The van der Waals surface area contributed by atoms with Crippen LogP contribution in [0.1, 0.15) is 0 Å². The molecule has 0 nitrogen and oxygen atoms in total. The zero-order chi connectivity index (χ0) is 15.3. The molecule has 2 aliphatic rings. The number of hydrogen-bond donors (Lipinski definition) is 0. The van der Waals surface area contributed by atoms with Crippen molar-refractivity contribution < 1.29 is 9.41 Å². The average Bonchev–Trinajstić information content (AvgIpc) is 2.95. The second-order valence-corrected chi connectivity index (χ2v) is 4.42. The van der Waals surface area contributed by atoms with Crippen molar-refractivity contribution in [1.29, 1.82) is 0 Å². The summed E-state index contributed by atoms with van der Waals surface area (Å²) in [6.07, 6.45) is 14.3. The van der Waals surface area contributed by atoms with Gasteiger partial charge in [0.25, 0.3) is 0 Å². The Morgan fingerprint density at radius 2 is 1.08 bits per heavy atom. The number of benzene rings is 2. The van der Waals surface area contributed by atoms with E-state index < -0.39 is 0 Å². The van der Waals surface area contributed by atoms with Crippen LogP contribution in [0, 0.1) is 18.6 Å². The minimum Gasteiger partial charge on any atom is -1.00 e. The SMILES string of the molecule is C1=CC=C2[CH]C=CC2=CC=1.[Bi+2].[F-].[F-].[c]1ccccc1.[c]1ccccc1. The van der Waals surface area contributed by atoms with E-state index in [9.17, 15) is 0 Å². The van der Waals surface area contributed by atoms with Crippen molar-refractivity contribution in [1.82, 2.24) is 0 Å². The largest absolute Gasteiger partial charge is 2.00 e. The Hall–Kier alpha value is -2.08. The van der Waals surface area contributed by atoms with E-state index in [4.69, 9.17) is 0 Å². The first kappa shape index (κ1) is 25.2. The summed E-state index contributed by atoms with van der Waals surface area (Å²) in [6.45, 7) is 0. The predicted octanol–water partition coefficient (Wildman–Crippen LogP) is -1.06. The van der Waals surface area contributed by atoms with Crippen molar-refractivity contribution in [3.63, 3.8) is 0 Å². The molecule has 0 heterocycles. The van der Waals surface area contributed by atoms with E-state index in [2.05, 4.69) is 48.6 Å². The standard InChI is InChI=1S/C10H7.2C6H5.Bi.2FH/c1-2-5-9-7-4-8-10(9)6-3-1;2*1-2-4-6-5-3-1;;;/h2-8H;2*1-5H;;2*1H/q;;;+2;;/p-2. The van der Waals surface area contributed by atoms with Gasteiger partial charge in [0.05, 0.1) is 0 Å². The number of rotatable bonds is 0. The fourth-order valence-corrected chi connectivity index (χ4v) is 1.77. The van der Waals surface area contributed by atoms with Crippen LogP contribution < -0.4 is 9.41 Å². The Balaban J connectivity index is 0. The third kappa shape index (κ3) is 11.2. The van der Waals surface area contributed by atoms with Crippen molar-refractivity contribution in [2.75, 3.05) is 0 Å². The van der Waals surface area contributed by atoms with Gasteiger partial charge in [-0.05, 0) is 41.5 Å². The molecule has 0 aromatic heterocycles. The summed E-state index contributed by atoms with van der Waals surface area (Å²) in [7, 11) is 0. The second-order valence-electron chi connectivity index (χ2n) is 4.42. The topological polar surface area (TPSA) is 0 Å². The molecule has 0 unspecified atom stereocenters. The first-order chi connectivity index (χ1) is 11.0. The normalized spacial score (nSPS) is 11.8.